The predicted octanol–water partition coefficient (Wildman–Crippen LogP) is 1.36. The van der Waals surface area contributed by atoms with Gasteiger partial charge in [0.25, 0.3) is 0 Å². The van der Waals surface area contributed by atoms with E-state index in [4.69, 9.17) is 5.73 Å². The molecule has 0 saturated carbocycles. The summed E-state index contributed by atoms with van der Waals surface area (Å²) in [4.78, 5) is 40.8. The first kappa shape index (κ1) is 15.5. The van der Waals surface area contributed by atoms with E-state index in [-0.39, 0.29) is 33.1 Å². The van der Waals surface area contributed by atoms with Gasteiger partial charge in [-0.15, -0.1) is 0 Å². The SMILES string of the molecule is NC(=O)Cc1[nH]cc(Br)c(=O)c1Nc1c[nH]cc(Br)c1=O. The largest absolute Gasteiger partial charge is 0.369 e. The maximum Gasteiger partial charge on any atom is 0.223 e. The number of carbonyl (C=O) groups is 1. The van der Waals surface area contributed by atoms with Crippen molar-refractivity contribution in [2.24, 2.45) is 5.73 Å². The normalized spacial score (nSPS) is 10.4. The van der Waals surface area contributed by atoms with E-state index in [1.54, 1.807) is 0 Å². The Hall–Kier alpha value is -1.87. The van der Waals surface area contributed by atoms with Crippen LogP contribution in [0.5, 0.6) is 0 Å². The second-order valence-electron chi connectivity index (χ2n) is 4.13. The third-order valence-electron chi connectivity index (χ3n) is 2.63. The highest BCUT2D eigenvalue weighted by molar-refractivity contribution is 9.10. The summed E-state index contributed by atoms with van der Waals surface area (Å²) < 4.78 is 0.583. The predicted molar refractivity (Wildman–Crippen MR) is 85.7 cm³/mol. The molecule has 1 amide bonds. The molecule has 0 spiro atoms. The van der Waals surface area contributed by atoms with Crippen molar-refractivity contribution in [1.82, 2.24) is 9.97 Å². The van der Waals surface area contributed by atoms with E-state index in [0.29, 0.717) is 10.2 Å². The van der Waals surface area contributed by atoms with Crippen LogP contribution in [0, 0.1) is 0 Å². The third-order valence-corrected chi connectivity index (χ3v) is 3.81. The van der Waals surface area contributed by atoms with Crippen LogP contribution in [0.3, 0.4) is 0 Å². The van der Waals surface area contributed by atoms with Gasteiger partial charge >= 0.3 is 0 Å². The molecule has 0 bridgehead atoms. The van der Waals surface area contributed by atoms with Crippen LogP contribution in [0.25, 0.3) is 0 Å². The number of aromatic amines is 2. The zero-order valence-electron chi connectivity index (χ0n) is 10.5. The number of anilines is 2. The number of aromatic nitrogens is 2. The molecule has 2 aromatic rings. The van der Waals surface area contributed by atoms with Crippen molar-refractivity contribution in [1.29, 1.82) is 0 Å². The molecule has 0 unspecified atom stereocenters. The number of nitrogens with one attached hydrogen (secondary N) is 3. The van der Waals surface area contributed by atoms with Crippen LogP contribution < -0.4 is 21.9 Å². The first-order chi connectivity index (χ1) is 9.90. The van der Waals surface area contributed by atoms with Gasteiger partial charge in [-0.05, 0) is 31.9 Å². The number of hydrogen-bond acceptors (Lipinski definition) is 4. The number of amides is 1. The van der Waals surface area contributed by atoms with Gasteiger partial charge in [0.05, 0.1) is 21.1 Å². The summed E-state index contributed by atoms with van der Waals surface area (Å²) in [5.41, 5.74) is 5.00. The minimum Gasteiger partial charge on any atom is -0.369 e. The molecule has 2 aromatic heterocycles. The maximum absolute atomic E-state index is 12.2. The van der Waals surface area contributed by atoms with E-state index in [9.17, 15) is 14.4 Å². The van der Waals surface area contributed by atoms with Crippen LogP contribution in [0.1, 0.15) is 5.69 Å². The van der Waals surface area contributed by atoms with Crippen LogP contribution in [-0.2, 0) is 11.2 Å². The molecular formula is C12H10Br2N4O3. The molecule has 7 nitrogen and oxygen atoms in total. The molecule has 0 aliphatic carbocycles. The molecule has 9 heteroatoms. The summed E-state index contributed by atoms with van der Waals surface area (Å²) in [7, 11) is 0. The molecule has 21 heavy (non-hydrogen) atoms. The van der Waals surface area contributed by atoms with Gasteiger partial charge in [0.15, 0.2) is 0 Å². The van der Waals surface area contributed by atoms with Crippen LogP contribution in [0.4, 0.5) is 11.4 Å². The van der Waals surface area contributed by atoms with E-state index >= 15 is 0 Å². The molecule has 2 rings (SSSR count). The average molecular weight is 418 g/mol. The lowest BCUT2D eigenvalue weighted by Gasteiger charge is -2.10. The first-order valence-electron chi connectivity index (χ1n) is 5.72. The number of H-pyrrole nitrogens is 2. The molecule has 0 aliphatic rings. The van der Waals surface area contributed by atoms with Crippen molar-refractivity contribution in [2.75, 3.05) is 5.32 Å². The molecule has 0 fully saturated rings. The van der Waals surface area contributed by atoms with Gasteiger partial charge in [0.2, 0.25) is 16.8 Å². The lowest BCUT2D eigenvalue weighted by atomic mass is 10.2. The molecular weight excluding hydrogens is 408 g/mol. The Morgan fingerprint density at radius 1 is 1.14 bits per heavy atom. The highest BCUT2D eigenvalue weighted by Crippen LogP contribution is 2.17. The number of carbonyl (C=O) groups excluding carboxylic acids is 1. The maximum atomic E-state index is 12.2. The van der Waals surface area contributed by atoms with Crippen molar-refractivity contribution in [3.8, 4) is 0 Å². The van der Waals surface area contributed by atoms with Crippen molar-refractivity contribution in [2.45, 2.75) is 6.42 Å². The highest BCUT2D eigenvalue weighted by Gasteiger charge is 2.14. The summed E-state index contributed by atoms with van der Waals surface area (Å²) in [6.07, 6.45) is 4.15. The Balaban J connectivity index is 2.54. The van der Waals surface area contributed by atoms with Crippen molar-refractivity contribution >= 4 is 49.1 Å². The zero-order valence-corrected chi connectivity index (χ0v) is 13.7. The molecule has 110 valence electrons. The Bertz CT molecular complexity index is 813. The number of hydrogen-bond donors (Lipinski definition) is 4. The summed E-state index contributed by atoms with van der Waals surface area (Å²) in [6.45, 7) is 0. The van der Waals surface area contributed by atoms with E-state index in [1.165, 1.54) is 18.6 Å². The number of rotatable bonds is 4. The van der Waals surface area contributed by atoms with E-state index < -0.39 is 5.91 Å². The molecule has 5 N–H and O–H groups in total. The first-order valence-corrected chi connectivity index (χ1v) is 7.30. The summed E-state index contributed by atoms with van der Waals surface area (Å²) in [6, 6.07) is 0. The monoisotopic (exact) mass is 416 g/mol. The summed E-state index contributed by atoms with van der Waals surface area (Å²) in [5.74, 6) is -0.598. The smallest absolute Gasteiger partial charge is 0.223 e. The average Bonchev–Trinajstić information content (AvgIpc) is 2.42. The van der Waals surface area contributed by atoms with Gasteiger partial charge in [-0.1, -0.05) is 0 Å². The quantitative estimate of drug-likeness (QED) is 0.600. The Labute approximate surface area is 135 Å². The van der Waals surface area contributed by atoms with Gasteiger partial charge in [-0.3, -0.25) is 14.4 Å². The standard InChI is InChI=1S/C12H10Br2N4O3/c13-5-2-16-4-8(11(5)20)18-10-7(1-9(15)19)17-3-6(14)12(10)21/h2-4,18H,1H2,(H2,15,19)(H,16,20)(H,17,21). The van der Waals surface area contributed by atoms with Crippen molar-refractivity contribution in [3.63, 3.8) is 0 Å². The molecule has 0 saturated heterocycles. The molecule has 0 aliphatic heterocycles. The fraction of sp³-hybridized carbons (Fsp3) is 0.0833. The van der Waals surface area contributed by atoms with E-state index in [1.807, 2.05) is 0 Å². The fourth-order valence-electron chi connectivity index (χ4n) is 1.68. The molecule has 0 radical (unpaired) electrons. The van der Waals surface area contributed by atoms with Crippen LogP contribution in [0.15, 0.2) is 37.1 Å². The van der Waals surface area contributed by atoms with E-state index in [0.717, 1.165) is 0 Å². The van der Waals surface area contributed by atoms with Crippen LogP contribution >= 0.6 is 31.9 Å². The molecule has 2 heterocycles. The Kier molecular flexibility index (Phi) is 4.63. The Morgan fingerprint density at radius 2 is 1.81 bits per heavy atom. The molecule has 0 aromatic carbocycles. The Morgan fingerprint density at radius 3 is 2.48 bits per heavy atom. The van der Waals surface area contributed by atoms with Gasteiger partial charge < -0.3 is 21.0 Å². The summed E-state index contributed by atoms with van der Waals surface area (Å²) >= 11 is 6.20. The van der Waals surface area contributed by atoms with Crippen LogP contribution in [0.2, 0.25) is 0 Å². The van der Waals surface area contributed by atoms with Crippen molar-refractivity contribution < 1.29 is 4.79 Å². The summed E-state index contributed by atoms with van der Waals surface area (Å²) in [5, 5.41) is 2.74. The second kappa shape index (κ2) is 6.27. The fourth-order valence-corrected chi connectivity index (χ4v) is 2.33. The third kappa shape index (κ3) is 3.42. The van der Waals surface area contributed by atoms with Gasteiger partial charge in [0, 0.05) is 18.6 Å². The lowest BCUT2D eigenvalue weighted by Crippen LogP contribution is -2.21. The zero-order chi connectivity index (χ0) is 15.6. The second-order valence-corrected chi connectivity index (χ2v) is 5.84. The number of nitrogens with two attached hydrogens (primary N) is 1. The van der Waals surface area contributed by atoms with Crippen LogP contribution in [-0.4, -0.2) is 15.9 Å². The number of halogens is 2. The van der Waals surface area contributed by atoms with Gasteiger partial charge in [0.1, 0.15) is 11.4 Å². The number of pyridine rings is 2. The van der Waals surface area contributed by atoms with Gasteiger partial charge in [-0.25, -0.2) is 0 Å². The number of primary amides is 1. The van der Waals surface area contributed by atoms with Gasteiger partial charge in [-0.2, -0.15) is 0 Å². The molecule has 0 atom stereocenters. The topological polar surface area (TPSA) is 121 Å². The highest BCUT2D eigenvalue weighted by atomic mass is 79.9. The minimum absolute atomic E-state index is 0.0896. The van der Waals surface area contributed by atoms with Crippen molar-refractivity contribution in [3.05, 3.63) is 53.7 Å². The van der Waals surface area contributed by atoms with E-state index in [2.05, 4.69) is 47.1 Å². The lowest BCUT2D eigenvalue weighted by molar-refractivity contribution is -0.117. The minimum atomic E-state index is -0.598.